The van der Waals surface area contributed by atoms with E-state index >= 15 is 0 Å². The third-order valence-electron chi connectivity index (χ3n) is 3.47. The summed E-state index contributed by atoms with van der Waals surface area (Å²) in [6.07, 6.45) is 1.78. The van der Waals surface area contributed by atoms with E-state index in [1.165, 1.54) is 5.06 Å². The van der Waals surface area contributed by atoms with E-state index in [4.69, 9.17) is 0 Å². The number of piperidine rings is 1. The number of carbonyl (C=O) groups excluding carboxylic acids is 1. The van der Waals surface area contributed by atoms with Crippen molar-refractivity contribution in [3.05, 3.63) is 0 Å². The van der Waals surface area contributed by atoms with Gasteiger partial charge in [-0.15, -0.1) is 0 Å². The zero-order valence-corrected chi connectivity index (χ0v) is 12.5. The largest absolute Gasteiger partial charge is 0.351 e. The SMILES string of the molecule is CC1(C)CCC(NC(=O)CI)C(C)(C)N1O. The molecule has 1 unspecified atom stereocenters. The molecule has 0 radical (unpaired) electrons. The van der Waals surface area contributed by atoms with Crippen molar-refractivity contribution in [2.24, 2.45) is 0 Å². The predicted octanol–water partition coefficient (Wildman–Crippen LogP) is 1.95. The number of alkyl halides is 1. The summed E-state index contributed by atoms with van der Waals surface area (Å²) in [6.45, 7) is 7.97. The zero-order valence-electron chi connectivity index (χ0n) is 10.4. The molecule has 1 amide bonds. The van der Waals surface area contributed by atoms with Crippen LogP contribution in [-0.4, -0.2) is 37.7 Å². The van der Waals surface area contributed by atoms with Crippen molar-refractivity contribution in [3.8, 4) is 0 Å². The number of amides is 1. The van der Waals surface area contributed by atoms with Gasteiger partial charge in [-0.05, 0) is 40.5 Å². The van der Waals surface area contributed by atoms with Crippen LogP contribution in [-0.2, 0) is 4.79 Å². The Morgan fingerprint density at radius 2 is 2.06 bits per heavy atom. The van der Waals surface area contributed by atoms with Gasteiger partial charge in [0.2, 0.25) is 5.91 Å². The lowest BCUT2D eigenvalue weighted by Gasteiger charge is -2.52. The summed E-state index contributed by atoms with van der Waals surface area (Å²) in [4.78, 5) is 11.4. The topological polar surface area (TPSA) is 52.6 Å². The highest BCUT2D eigenvalue weighted by atomic mass is 127. The Hall–Kier alpha value is 0.120. The second-order valence-electron chi connectivity index (χ2n) is 5.57. The highest BCUT2D eigenvalue weighted by molar-refractivity contribution is 14.1. The molecule has 94 valence electrons. The molecule has 0 aliphatic carbocycles. The third kappa shape index (κ3) is 2.68. The van der Waals surface area contributed by atoms with Crippen LogP contribution in [0.5, 0.6) is 0 Å². The average molecular weight is 340 g/mol. The number of nitrogens with one attached hydrogen (secondary N) is 1. The number of hydroxylamine groups is 2. The first-order chi connectivity index (χ1) is 7.21. The number of rotatable bonds is 2. The molecule has 1 fully saturated rings. The molecule has 5 heteroatoms. The summed E-state index contributed by atoms with van der Waals surface area (Å²) in [5.41, 5.74) is -0.654. The van der Waals surface area contributed by atoms with Crippen LogP contribution >= 0.6 is 22.6 Å². The second kappa shape index (κ2) is 4.78. The van der Waals surface area contributed by atoms with Crippen molar-refractivity contribution < 1.29 is 10.0 Å². The van der Waals surface area contributed by atoms with Gasteiger partial charge in [-0.2, -0.15) is 5.06 Å². The molecule has 0 spiro atoms. The van der Waals surface area contributed by atoms with Gasteiger partial charge in [-0.25, -0.2) is 0 Å². The lowest BCUT2D eigenvalue weighted by molar-refractivity contribution is -0.249. The van der Waals surface area contributed by atoms with E-state index in [-0.39, 0.29) is 17.5 Å². The monoisotopic (exact) mass is 340 g/mol. The van der Waals surface area contributed by atoms with Crippen LogP contribution in [0.1, 0.15) is 40.5 Å². The van der Waals surface area contributed by atoms with Gasteiger partial charge in [0.05, 0.1) is 9.97 Å². The van der Waals surface area contributed by atoms with Gasteiger partial charge < -0.3 is 10.5 Å². The maximum absolute atomic E-state index is 11.4. The maximum Gasteiger partial charge on any atom is 0.230 e. The number of hydrogen-bond acceptors (Lipinski definition) is 3. The van der Waals surface area contributed by atoms with Crippen LogP contribution < -0.4 is 5.32 Å². The van der Waals surface area contributed by atoms with Gasteiger partial charge in [0.15, 0.2) is 0 Å². The Morgan fingerprint density at radius 1 is 1.50 bits per heavy atom. The standard InChI is InChI=1S/C11H21IN2O2/c1-10(2)6-5-8(13-9(15)7-12)11(3,4)14(10)16/h8,16H,5-7H2,1-4H3,(H,13,15). The predicted molar refractivity (Wildman–Crippen MR) is 71.8 cm³/mol. The van der Waals surface area contributed by atoms with Crippen LogP contribution in [0.4, 0.5) is 0 Å². The lowest BCUT2D eigenvalue weighted by atomic mass is 9.78. The second-order valence-corrected chi connectivity index (χ2v) is 6.33. The van der Waals surface area contributed by atoms with E-state index in [0.29, 0.717) is 4.43 Å². The number of carbonyl (C=O) groups is 1. The Kier molecular flexibility index (Phi) is 4.23. The Morgan fingerprint density at radius 3 is 2.56 bits per heavy atom. The van der Waals surface area contributed by atoms with Crippen LogP contribution in [0.3, 0.4) is 0 Å². The molecule has 1 aliphatic rings. The van der Waals surface area contributed by atoms with Gasteiger partial charge in [0, 0.05) is 11.6 Å². The summed E-state index contributed by atoms with van der Waals surface area (Å²) in [5, 5.41) is 14.6. The van der Waals surface area contributed by atoms with Gasteiger partial charge in [0.1, 0.15) is 0 Å². The maximum atomic E-state index is 11.4. The number of nitrogens with zero attached hydrogens (tertiary/aromatic N) is 1. The van der Waals surface area contributed by atoms with Gasteiger partial charge in [-0.1, -0.05) is 22.6 Å². The summed E-state index contributed by atoms with van der Waals surface area (Å²) in [7, 11) is 0. The van der Waals surface area contributed by atoms with Gasteiger partial charge >= 0.3 is 0 Å². The number of halogens is 1. The fourth-order valence-electron chi connectivity index (χ4n) is 2.37. The Labute approximate surface area is 111 Å². The molecular weight excluding hydrogens is 319 g/mol. The van der Waals surface area contributed by atoms with Crippen LogP contribution in [0, 0.1) is 0 Å². The van der Waals surface area contributed by atoms with Crippen molar-refractivity contribution >= 4 is 28.5 Å². The first-order valence-corrected chi connectivity index (χ1v) is 7.09. The van der Waals surface area contributed by atoms with Crippen molar-refractivity contribution in [3.63, 3.8) is 0 Å². The van der Waals surface area contributed by atoms with Gasteiger partial charge in [0.25, 0.3) is 0 Å². The quantitative estimate of drug-likeness (QED) is 0.597. The molecule has 2 N–H and O–H groups in total. The van der Waals surface area contributed by atoms with E-state index in [1.807, 2.05) is 50.3 Å². The fourth-order valence-corrected chi connectivity index (χ4v) is 2.59. The molecule has 1 heterocycles. The molecule has 16 heavy (non-hydrogen) atoms. The minimum atomic E-state index is -0.427. The van der Waals surface area contributed by atoms with Gasteiger partial charge in [-0.3, -0.25) is 4.79 Å². The molecule has 1 aliphatic heterocycles. The van der Waals surface area contributed by atoms with Crippen LogP contribution in [0.15, 0.2) is 0 Å². The molecule has 0 saturated carbocycles. The van der Waals surface area contributed by atoms with E-state index in [2.05, 4.69) is 5.32 Å². The Bertz CT molecular complexity index is 279. The minimum Gasteiger partial charge on any atom is -0.351 e. The molecule has 0 aromatic heterocycles. The molecule has 0 bridgehead atoms. The summed E-state index contributed by atoms with van der Waals surface area (Å²) < 4.78 is 0.458. The van der Waals surface area contributed by atoms with E-state index in [1.54, 1.807) is 0 Å². The van der Waals surface area contributed by atoms with Crippen molar-refractivity contribution in [2.75, 3.05) is 4.43 Å². The smallest absolute Gasteiger partial charge is 0.230 e. The average Bonchev–Trinajstić information content (AvgIpc) is 2.20. The first-order valence-electron chi connectivity index (χ1n) is 5.56. The summed E-state index contributed by atoms with van der Waals surface area (Å²) >= 11 is 2.05. The Balaban J connectivity index is 2.79. The molecule has 0 aromatic rings. The van der Waals surface area contributed by atoms with Crippen molar-refractivity contribution in [2.45, 2.75) is 57.7 Å². The third-order valence-corrected chi connectivity index (χ3v) is 4.17. The highest BCUT2D eigenvalue weighted by Gasteiger charge is 2.47. The van der Waals surface area contributed by atoms with Crippen LogP contribution in [0.2, 0.25) is 0 Å². The highest BCUT2D eigenvalue weighted by Crippen LogP contribution is 2.36. The van der Waals surface area contributed by atoms with Crippen molar-refractivity contribution in [1.82, 2.24) is 10.4 Å². The lowest BCUT2D eigenvalue weighted by Crippen LogP contribution is -2.67. The fraction of sp³-hybridized carbons (Fsp3) is 0.909. The summed E-state index contributed by atoms with van der Waals surface area (Å²) in [6, 6.07) is 0.00721. The molecule has 0 aromatic carbocycles. The molecule has 1 atom stereocenters. The molecule has 1 rings (SSSR count). The number of hydrogen-bond donors (Lipinski definition) is 2. The van der Waals surface area contributed by atoms with Crippen molar-refractivity contribution in [1.29, 1.82) is 0 Å². The molecule has 4 nitrogen and oxygen atoms in total. The molecule has 1 saturated heterocycles. The van der Waals surface area contributed by atoms with E-state index in [0.717, 1.165) is 12.8 Å². The zero-order chi connectivity index (χ0) is 12.6. The normalized spacial score (nSPS) is 28.8. The summed E-state index contributed by atoms with van der Waals surface area (Å²) in [5.74, 6) is 0.0341. The van der Waals surface area contributed by atoms with E-state index < -0.39 is 5.54 Å². The van der Waals surface area contributed by atoms with Crippen LogP contribution in [0.25, 0.3) is 0 Å². The van der Waals surface area contributed by atoms with E-state index in [9.17, 15) is 10.0 Å². The molecular formula is C11H21IN2O2. The minimum absolute atomic E-state index is 0.00721. The first kappa shape index (κ1) is 14.2.